The molecule has 1 fully saturated rings. The molecule has 33 heavy (non-hydrogen) atoms. The second-order valence-electron chi connectivity index (χ2n) is 9.62. The van der Waals surface area contributed by atoms with Crippen molar-refractivity contribution in [1.82, 2.24) is 4.90 Å². The van der Waals surface area contributed by atoms with Gasteiger partial charge in [0.25, 0.3) is 0 Å². The monoisotopic (exact) mass is 456 g/mol. The second-order valence-corrected chi connectivity index (χ2v) is 9.62. The normalized spacial score (nSPS) is 20.0. The van der Waals surface area contributed by atoms with Gasteiger partial charge in [0.05, 0.1) is 6.61 Å². The molecule has 2 aliphatic heterocycles. The largest absolute Gasteiger partial charge is 0.380 e. The number of nitrogens with zero attached hydrogens (tertiary/aromatic N) is 2. The fourth-order valence-corrected chi connectivity index (χ4v) is 5.40. The van der Waals surface area contributed by atoms with E-state index in [-0.39, 0.29) is 17.6 Å². The lowest BCUT2D eigenvalue weighted by Crippen LogP contribution is -2.37. The molecule has 1 unspecified atom stereocenters. The van der Waals surface area contributed by atoms with E-state index in [9.17, 15) is 8.78 Å². The average molecular weight is 457 g/mol. The first-order chi connectivity index (χ1) is 16.1. The van der Waals surface area contributed by atoms with E-state index < -0.39 is 0 Å². The molecule has 2 aromatic carbocycles. The van der Waals surface area contributed by atoms with Gasteiger partial charge in [-0.1, -0.05) is 25.1 Å². The van der Waals surface area contributed by atoms with E-state index in [1.165, 1.54) is 30.5 Å². The van der Waals surface area contributed by atoms with Crippen molar-refractivity contribution in [3.63, 3.8) is 0 Å². The summed E-state index contributed by atoms with van der Waals surface area (Å²) in [6.45, 7) is 9.09. The van der Waals surface area contributed by atoms with E-state index in [0.717, 1.165) is 88.8 Å². The number of halogens is 2. The van der Waals surface area contributed by atoms with Gasteiger partial charge in [0, 0.05) is 37.8 Å². The number of rotatable bonds is 9. The maximum Gasteiger partial charge on any atom is 0.125 e. The van der Waals surface area contributed by atoms with Gasteiger partial charge in [0.2, 0.25) is 0 Å². The van der Waals surface area contributed by atoms with E-state index in [2.05, 4.69) is 16.7 Å². The SMILES string of the molecule is CCCOCCN1CCC(CCN2CCCC(c3ccc(F)cc3)c3ccc(F)cc32)CC1. The molecule has 0 bridgehead atoms. The molecule has 180 valence electrons. The van der Waals surface area contributed by atoms with Gasteiger partial charge < -0.3 is 14.5 Å². The predicted octanol–water partition coefficient (Wildman–Crippen LogP) is 6.23. The minimum Gasteiger partial charge on any atom is -0.380 e. The quantitative estimate of drug-likeness (QED) is 0.416. The Morgan fingerprint density at radius 1 is 0.879 bits per heavy atom. The molecule has 0 saturated carbocycles. The van der Waals surface area contributed by atoms with Gasteiger partial charge in [-0.05, 0) is 92.9 Å². The van der Waals surface area contributed by atoms with Crippen molar-refractivity contribution < 1.29 is 13.5 Å². The summed E-state index contributed by atoms with van der Waals surface area (Å²) in [4.78, 5) is 4.92. The zero-order valence-electron chi connectivity index (χ0n) is 19.9. The maximum absolute atomic E-state index is 14.3. The standard InChI is InChI=1S/C28H38F2N2O/c1-2-19-33-20-18-31-15-11-22(12-16-31)13-17-32-14-3-4-26(23-5-7-24(29)8-6-23)27-10-9-25(30)21-28(27)32/h5-10,21-22,26H,2-4,11-20H2,1H3. The summed E-state index contributed by atoms with van der Waals surface area (Å²) in [7, 11) is 0. The predicted molar refractivity (Wildman–Crippen MR) is 131 cm³/mol. The van der Waals surface area contributed by atoms with Crippen LogP contribution in [0.2, 0.25) is 0 Å². The summed E-state index contributed by atoms with van der Waals surface area (Å²) in [5, 5.41) is 0. The van der Waals surface area contributed by atoms with Crippen LogP contribution in [0.1, 0.15) is 62.5 Å². The van der Waals surface area contributed by atoms with Crippen LogP contribution in [0.3, 0.4) is 0 Å². The van der Waals surface area contributed by atoms with Crippen molar-refractivity contribution in [3.8, 4) is 0 Å². The van der Waals surface area contributed by atoms with Crippen molar-refractivity contribution >= 4 is 5.69 Å². The van der Waals surface area contributed by atoms with Crippen LogP contribution in [-0.2, 0) is 4.74 Å². The van der Waals surface area contributed by atoms with Crippen molar-refractivity contribution in [2.24, 2.45) is 5.92 Å². The van der Waals surface area contributed by atoms with Crippen LogP contribution in [0.25, 0.3) is 0 Å². The topological polar surface area (TPSA) is 15.7 Å². The van der Waals surface area contributed by atoms with Crippen LogP contribution < -0.4 is 4.90 Å². The van der Waals surface area contributed by atoms with Gasteiger partial charge in [-0.25, -0.2) is 8.78 Å². The Kier molecular flexibility index (Phi) is 8.74. The second kappa shape index (κ2) is 11.9. The number of ether oxygens (including phenoxy) is 1. The number of likely N-dealkylation sites (tertiary alicyclic amines) is 1. The van der Waals surface area contributed by atoms with Gasteiger partial charge in [-0.2, -0.15) is 0 Å². The molecule has 5 heteroatoms. The van der Waals surface area contributed by atoms with Crippen LogP contribution in [-0.4, -0.2) is 50.8 Å². The highest BCUT2D eigenvalue weighted by molar-refractivity contribution is 5.58. The Bertz CT molecular complexity index is 865. The fraction of sp³-hybridized carbons (Fsp3) is 0.571. The van der Waals surface area contributed by atoms with E-state index in [0.29, 0.717) is 0 Å². The molecule has 1 atom stereocenters. The Morgan fingerprint density at radius 3 is 2.39 bits per heavy atom. The first kappa shape index (κ1) is 24.2. The van der Waals surface area contributed by atoms with E-state index in [4.69, 9.17) is 4.74 Å². The molecule has 2 heterocycles. The van der Waals surface area contributed by atoms with Gasteiger partial charge in [0.1, 0.15) is 11.6 Å². The summed E-state index contributed by atoms with van der Waals surface area (Å²) >= 11 is 0. The lowest BCUT2D eigenvalue weighted by atomic mass is 9.87. The fourth-order valence-electron chi connectivity index (χ4n) is 5.40. The van der Waals surface area contributed by atoms with E-state index >= 15 is 0 Å². The molecule has 0 radical (unpaired) electrons. The highest BCUT2D eigenvalue weighted by Gasteiger charge is 2.26. The lowest BCUT2D eigenvalue weighted by Gasteiger charge is -2.33. The minimum atomic E-state index is -0.215. The Balaban J connectivity index is 1.36. The Labute approximate surface area is 197 Å². The van der Waals surface area contributed by atoms with E-state index in [1.807, 2.05) is 18.2 Å². The first-order valence-corrected chi connectivity index (χ1v) is 12.7. The molecule has 0 aliphatic carbocycles. The van der Waals surface area contributed by atoms with Crippen molar-refractivity contribution in [3.05, 3.63) is 65.2 Å². The summed E-state index contributed by atoms with van der Waals surface area (Å²) in [6, 6.07) is 12.0. The third kappa shape index (κ3) is 6.54. The number of benzene rings is 2. The summed E-state index contributed by atoms with van der Waals surface area (Å²) in [5.74, 6) is 0.514. The van der Waals surface area contributed by atoms with Crippen LogP contribution in [0.15, 0.2) is 42.5 Å². The molecular weight excluding hydrogens is 418 g/mol. The molecule has 1 saturated heterocycles. The number of hydrogen-bond donors (Lipinski definition) is 0. The third-order valence-electron chi connectivity index (χ3n) is 7.32. The van der Waals surface area contributed by atoms with E-state index in [1.54, 1.807) is 12.1 Å². The smallest absolute Gasteiger partial charge is 0.125 e. The first-order valence-electron chi connectivity index (χ1n) is 12.7. The van der Waals surface area contributed by atoms with Crippen molar-refractivity contribution in [1.29, 1.82) is 0 Å². The van der Waals surface area contributed by atoms with Crippen molar-refractivity contribution in [2.45, 2.75) is 51.4 Å². The van der Waals surface area contributed by atoms with Gasteiger partial charge in [-0.3, -0.25) is 0 Å². The van der Waals surface area contributed by atoms with Gasteiger partial charge in [-0.15, -0.1) is 0 Å². The highest BCUT2D eigenvalue weighted by Crippen LogP contribution is 2.39. The van der Waals surface area contributed by atoms with Crippen LogP contribution in [0.5, 0.6) is 0 Å². The Morgan fingerprint density at radius 2 is 1.64 bits per heavy atom. The molecule has 2 aliphatic rings. The van der Waals surface area contributed by atoms with Crippen LogP contribution in [0, 0.1) is 17.6 Å². The lowest BCUT2D eigenvalue weighted by molar-refractivity contribution is 0.0880. The van der Waals surface area contributed by atoms with Gasteiger partial charge >= 0.3 is 0 Å². The number of anilines is 1. The molecule has 0 amide bonds. The number of piperidine rings is 1. The minimum absolute atomic E-state index is 0.183. The molecular formula is C28H38F2N2O. The summed E-state index contributed by atoms with van der Waals surface area (Å²) in [6.07, 6.45) is 6.74. The molecule has 0 spiro atoms. The maximum atomic E-state index is 14.3. The third-order valence-corrected chi connectivity index (χ3v) is 7.32. The van der Waals surface area contributed by atoms with Crippen molar-refractivity contribution in [2.75, 3.05) is 50.8 Å². The average Bonchev–Trinajstić information content (AvgIpc) is 3.01. The zero-order valence-corrected chi connectivity index (χ0v) is 19.9. The highest BCUT2D eigenvalue weighted by atomic mass is 19.1. The van der Waals surface area contributed by atoms with Gasteiger partial charge in [0.15, 0.2) is 0 Å². The summed E-state index contributed by atoms with van der Waals surface area (Å²) < 4.78 is 33.4. The molecule has 3 nitrogen and oxygen atoms in total. The molecule has 0 N–H and O–H groups in total. The van der Waals surface area contributed by atoms with Crippen LogP contribution in [0.4, 0.5) is 14.5 Å². The molecule has 0 aromatic heterocycles. The summed E-state index contributed by atoms with van der Waals surface area (Å²) in [5.41, 5.74) is 3.30. The molecule has 4 rings (SSSR count). The zero-order chi connectivity index (χ0) is 23.0. The van der Waals surface area contributed by atoms with Crippen LogP contribution >= 0.6 is 0 Å². The molecule has 2 aromatic rings. The number of hydrogen-bond acceptors (Lipinski definition) is 3. The Hall–Kier alpha value is -1.98. The number of fused-ring (bicyclic) bond motifs is 1.